The van der Waals surface area contributed by atoms with Gasteiger partial charge in [-0.05, 0) is 46.9 Å². The van der Waals surface area contributed by atoms with Gasteiger partial charge in [0.05, 0.1) is 5.92 Å². The fourth-order valence-corrected chi connectivity index (χ4v) is 5.42. The molecule has 3 aliphatic rings. The SMILES string of the molecule is O=C(O)C1CN(C(=O)OCC2c3ccccc3-c3ccccc32)CC2(CCC2)C1. The molecule has 2 aromatic carbocycles. The van der Waals surface area contributed by atoms with E-state index >= 15 is 0 Å². The van der Waals surface area contributed by atoms with Crippen molar-refractivity contribution in [2.45, 2.75) is 31.6 Å². The predicted octanol–water partition coefficient (Wildman–Crippen LogP) is 4.51. The number of carboxylic acid groups (broad SMARTS) is 1. The summed E-state index contributed by atoms with van der Waals surface area (Å²) in [5.74, 6) is -1.29. The summed E-state index contributed by atoms with van der Waals surface area (Å²) in [5.41, 5.74) is 4.73. The molecule has 5 nitrogen and oxygen atoms in total. The second kappa shape index (κ2) is 6.90. The van der Waals surface area contributed by atoms with Crippen molar-refractivity contribution in [2.75, 3.05) is 19.7 Å². The third-order valence-corrected chi connectivity index (χ3v) is 7.00. The van der Waals surface area contributed by atoms with E-state index < -0.39 is 11.9 Å². The number of carboxylic acids is 1. The standard InChI is InChI=1S/C24H25NO4/c26-22(27)16-12-24(10-5-11-24)15-25(13-16)23(28)29-14-21-19-8-3-1-6-17(19)18-7-2-4-9-20(18)21/h1-4,6-9,16,21H,5,10-15H2,(H,26,27). The average molecular weight is 391 g/mol. The Morgan fingerprint density at radius 2 is 1.66 bits per heavy atom. The molecule has 1 spiro atoms. The molecule has 1 aliphatic heterocycles. The summed E-state index contributed by atoms with van der Waals surface area (Å²) in [6.45, 7) is 1.13. The first kappa shape index (κ1) is 18.2. The molecule has 2 aliphatic carbocycles. The van der Waals surface area contributed by atoms with Crippen LogP contribution in [0, 0.1) is 11.3 Å². The Hall–Kier alpha value is -2.82. The lowest BCUT2D eigenvalue weighted by atomic mass is 9.62. The molecule has 5 rings (SSSR count). The number of amides is 1. The Bertz CT molecular complexity index is 919. The number of fused-ring (bicyclic) bond motifs is 3. The smallest absolute Gasteiger partial charge is 0.409 e. The van der Waals surface area contributed by atoms with Crippen molar-refractivity contribution in [2.24, 2.45) is 11.3 Å². The van der Waals surface area contributed by atoms with Gasteiger partial charge >= 0.3 is 12.1 Å². The normalized spacial score (nSPS) is 21.9. The van der Waals surface area contributed by atoms with E-state index in [1.807, 2.05) is 24.3 Å². The van der Waals surface area contributed by atoms with Gasteiger partial charge in [-0.15, -0.1) is 0 Å². The first-order valence-corrected chi connectivity index (χ1v) is 10.4. The molecule has 5 heteroatoms. The molecular formula is C24H25NO4. The minimum Gasteiger partial charge on any atom is -0.481 e. The topological polar surface area (TPSA) is 66.8 Å². The number of rotatable bonds is 3. The molecule has 1 N–H and O–H groups in total. The highest BCUT2D eigenvalue weighted by Gasteiger charge is 2.47. The van der Waals surface area contributed by atoms with E-state index in [1.54, 1.807) is 4.90 Å². The maximum absolute atomic E-state index is 12.9. The Labute approximate surface area is 170 Å². The van der Waals surface area contributed by atoms with Crippen LogP contribution in [0.2, 0.25) is 0 Å². The highest BCUT2D eigenvalue weighted by Crippen LogP contribution is 2.49. The number of ether oxygens (including phenoxy) is 1. The fourth-order valence-electron chi connectivity index (χ4n) is 5.42. The number of carbonyl (C=O) groups is 2. The minimum atomic E-state index is -0.813. The molecule has 0 radical (unpaired) electrons. The first-order valence-electron chi connectivity index (χ1n) is 10.4. The Morgan fingerprint density at radius 1 is 1.03 bits per heavy atom. The first-order chi connectivity index (χ1) is 14.1. The van der Waals surface area contributed by atoms with Gasteiger partial charge in [0.2, 0.25) is 0 Å². The Morgan fingerprint density at radius 3 is 2.21 bits per heavy atom. The molecule has 1 saturated heterocycles. The number of nitrogens with zero attached hydrogens (tertiary/aromatic N) is 1. The molecule has 150 valence electrons. The van der Waals surface area contributed by atoms with Crippen LogP contribution in [0.5, 0.6) is 0 Å². The molecule has 1 unspecified atom stereocenters. The summed E-state index contributed by atoms with van der Waals surface area (Å²) in [6, 6.07) is 16.5. The number of hydrogen-bond donors (Lipinski definition) is 1. The minimum absolute atomic E-state index is 0.0177. The van der Waals surface area contributed by atoms with Crippen LogP contribution in [0.4, 0.5) is 4.79 Å². The summed E-state index contributed by atoms with van der Waals surface area (Å²) < 4.78 is 5.76. The van der Waals surface area contributed by atoms with Gasteiger partial charge in [-0.25, -0.2) is 4.79 Å². The van der Waals surface area contributed by atoms with Gasteiger partial charge in [0.15, 0.2) is 0 Å². The van der Waals surface area contributed by atoms with Crippen LogP contribution in [0.15, 0.2) is 48.5 Å². The lowest BCUT2D eigenvalue weighted by molar-refractivity contribution is -0.147. The lowest BCUT2D eigenvalue weighted by Gasteiger charge is -2.50. The van der Waals surface area contributed by atoms with Crippen molar-refractivity contribution in [3.8, 4) is 11.1 Å². The average Bonchev–Trinajstić information content (AvgIpc) is 3.04. The largest absolute Gasteiger partial charge is 0.481 e. The zero-order chi connectivity index (χ0) is 20.0. The highest BCUT2D eigenvalue weighted by molar-refractivity contribution is 5.79. The summed E-state index contributed by atoms with van der Waals surface area (Å²) in [4.78, 5) is 26.1. The molecular weight excluding hydrogens is 366 g/mol. The third kappa shape index (κ3) is 3.09. The quantitative estimate of drug-likeness (QED) is 0.836. The molecule has 1 heterocycles. The second-order valence-corrected chi connectivity index (χ2v) is 8.78. The predicted molar refractivity (Wildman–Crippen MR) is 109 cm³/mol. The van der Waals surface area contributed by atoms with Crippen LogP contribution in [-0.2, 0) is 9.53 Å². The van der Waals surface area contributed by atoms with Crippen LogP contribution >= 0.6 is 0 Å². The number of aliphatic carboxylic acids is 1. The molecule has 0 bridgehead atoms. The van der Waals surface area contributed by atoms with Gasteiger partial charge in [-0.2, -0.15) is 0 Å². The monoisotopic (exact) mass is 391 g/mol. The second-order valence-electron chi connectivity index (χ2n) is 8.78. The van der Waals surface area contributed by atoms with E-state index in [9.17, 15) is 14.7 Å². The van der Waals surface area contributed by atoms with Gasteiger partial charge in [0.25, 0.3) is 0 Å². The van der Waals surface area contributed by atoms with Crippen LogP contribution in [-0.4, -0.2) is 41.8 Å². The molecule has 1 atom stereocenters. The third-order valence-electron chi connectivity index (χ3n) is 7.00. The van der Waals surface area contributed by atoms with Gasteiger partial charge in [0.1, 0.15) is 6.61 Å². The van der Waals surface area contributed by atoms with Gasteiger partial charge in [-0.1, -0.05) is 55.0 Å². The summed E-state index contributed by atoms with van der Waals surface area (Å²) in [5, 5.41) is 9.53. The Balaban J connectivity index is 1.32. The van der Waals surface area contributed by atoms with Crippen molar-refractivity contribution in [3.05, 3.63) is 59.7 Å². The van der Waals surface area contributed by atoms with Crippen molar-refractivity contribution < 1.29 is 19.4 Å². The van der Waals surface area contributed by atoms with Crippen molar-refractivity contribution in [1.29, 1.82) is 0 Å². The van der Waals surface area contributed by atoms with Gasteiger partial charge in [0, 0.05) is 19.0 Å². The number of piperidine rings is 1. The number of benzene rings is 2. The molecule has 2 aromatic rings. The molecule has 1 amide bonds. The number of carbonyl (C=O) groups excluding carboxylic acids is 1. The van der Waals surface area contributed by atoms with Crippen LogP contribution in [0.25, 0.3) is 11.1 Å². The van der Waals surface area contributed by atoms with E-state index in [2.05, 4.69) is 24.3 Å². The van der Waals surface area contributed by atoms with Gasteiger partial charge in [-0.3, -0.25) is 4.79 Å². The van der Waals surface area contributed by atoms with Crippen LogP contribution < -0.4 is 0 Å². The zero-order valence-electron chi connectivity index (χ0n) is 16.3. The van der Waals surface area contributed by atoms with E-state index in [-0.39, 0.29) is 30.6 Å². The lowest BCUT2D eigenvalue weighted by Crippen LogP contribution is -2.54. The van der Waals surface area contributed by atoms with E-state index in [0.717, 1.165) is 19.3 Å². The molecule has 0 aromatic heterocycles. The molecule has 2 fully saturated rings. The highest BCUT2D eigenvalue weighted by atomic mass is 16.6. The maximum Gasteiger partial charge on any atom is 0.409 e. The number of hydrogen-bond acceptors (Lipinski definition) is 3. The van der Waals surface area contributed by atoms with Gasteiger partial charge < -0.3 is 14.7 Å². The number of likely N-dealkylation sites (tertiary alicyclic amines) is 1. The molecule has 1 saturated carbocycles. The fraction of sp³-hybridized carbons (Fsp3) is 0.417. The van der Waals surface area contributed by atoms with Crippen molar-refractivity contribution in [3.63, 3.8) is 0 Å². The summed E-state index contributed by atoms with van der Waals surface area (Å²) in [6.07, 6.45) is 3.41. The van der Waals surface area contributed by atoms with Crippen molar-refractivity contribution >= 4 is 12.1 Å². The summed E-state index contributed by atoms with van der Waals surface area (Å²) >= 11 is 0. The van der Waals surface area contributed by atoms with Crippen molar-refractivity contribution in [1.82, 2.24) is 4.90 Å². The summed E-state index contributed by atoms with van der Waals surface area (Å²) in [7, 11) is 0. The van der Waals surface area contributed by atoms with E-state index in [1.165, 1.54) is 22.3 Å². The maximum atomic E-state index is 12.9. The zero-order valence-corrected chi connectivity index (χ0v) is 16.3. The molecule has 29 heavy (non-hydrogen) atoms. The van der Waals surface area contributed by atoms with Crippen LogP contribution in [0.3, 0.4) is 0 Å². The Kier molecular flexibility index (Phi) is 4.34. The van der Waals surface area contributed by atoms with Crippen LogP contribution in [0.1, 0.15) is 42.7 Å². The van der Waals surface area contributed by atoms with E-state index in [4.69, 9.17) is 4.74 Å². The van der Waals surface area contributed by atoms with E-state index in [0.29, 0.717) is 13.0 Å².